The molecule has 1 amide bonds. The zero-order valence-corrected chi connectivity index (χ0v) is 12.2. The van der Waals surface area contributed by atoms with Gasteiger partial charge in [0.1, 0.15) is 5.75 Å². The maximum Gasteiger partial charge on any atom is 0.254 e. The fraction of sp³-hybridized carbons (Fsp3) is 0.500. The number of rotatable bonds is 3. The lowest BCUT2D eigenvalue weighted by molar-refractivity contribution is 0.0762. The second kappa shape index (κ2) is 6.19. The molecule has 0 aliphatic carbocycles. The van der Waals surface area contributed by atoms with Gasteiger partial charge in [-0.3, -0.25) is 4.79 Å². The first kappa shape index (κ1) is 14.1. The van der Waals surface area contributed by atoms with E-state index in [2.05, 4.69) is 6.92 Å². The quantitative estimate of drug-likeness (QED) is 0.863. The Morgan fingerprint density at radius 3 is 3.00 bits per heavy atom. The molecular weight excluding hydrogens is 260 g/mol. The van der Waals surface area contributed by atoms with Gasteiger partial charge in [-0.05, 0) is 19.1 Å². The van der Waals surface area contributed by atoms with Crippen LogP contribution in [0.3, 0.4) is 0 Å². The third-order valence-electron chi connectivity index (χ3n) is 3.02. The van der Waals surface area contributed by atoms with E-state index >= 15 is 0 Å². The monoisotopic (exact) mass is 280 g/mol. The van der Waals surface area contributed by atoms with E-state index in [9.17, 15) is 4.79 Å². The van der Waals surface area contributed by atoms with E-state index in [1.807, 2.05) is 23.6 Å². The molecule has 1 unspecified atom stereocenters. The Morgan fingerprint density at radius 1 is 1.53 bits per heavy atom. The van der Waals surface area contributed by atoms with E-state index in [0.717, 1.165) is 18.8 Å². The van der Waals surface area contributed by atoms with Gasteiger partial charge in [0, 0.05) is 41.4 Å². The number of hydrogen-bond donors (Lipinski definition) is 1. The minimum Gasteiger partial charge on any atom is -0.494 e. The second-order valence-electron chi connectivity index (χ2n) is 4.66. The number of nitrogens with zero attached hydrogens (tertiary/aromatic N) is 1. The van der Waals surface area contributed by atoms with Crippen molar-refractivity contribution in [2.45, 2.75) is 19.1 Å². The van der Waals surface area contributed by atoms with Crippen LogP contribution in [0.25, 0.3) is 0 Å². The van der Waals surface area contributed by atoms with Crippen molar-refractivity contribution in [1.82, 2.24) is 4.90 Å². The lowest BCUT2D eigenvalue weighted by Gasteiger charge is -2.30. The lowest BCUT2D eigenvalue weighted by Crippen LogP contribution is -2.41. The average Bonchev–Trinajstić information content (AvgIpc) is 2.37. The highest BCUT2D eigenvalue weighted by atomic mass is 32.2. The van der Waals surface area contributed by atoms with Crippen molar-refractivity contribution in [3.63, 3.8) is 0 Å². The van der Waals surface area contributed by atoms with Crippen LogP contribution in [-0.2, 0) is 0 Å². The molecule has 5 heteroatoms. The van der Waals surface area contributed by atoms with Crippen LogP contribution in [0.1, 0.15) is 24.2 Å². The second-order valence-corrected chi connectivity index (χ2v) is 6.20. The van der Waals surface area contributed by atoms with Gasteiger partial charge in [0.15, 0.2) is 0 Å². The first-order valence-corrected chi connectivity index (χ1v) is 7.59. The molecule has 1 fully saturated rings. The number of carbonyl (C=O) groups is 1. The molecule has 4 nitrogen and oxygen atoms in total. The average molecular weight is 280 g/mol. The van der Waals surface area contributed by atoms with Crippen LogP contribution in [0.5, 0.6) is 5.75 Å². The van der Waals surface area contributed by atoms with Crippen LogP contribution in [0.4, 0.5) is 5.69 Å². The van der Waals surface area contributed by atoms with Crippen molar-refractivity contribution < 1.29 is 9.53 Å². The van der Waals surface area contributed by atoms with Gasteiger partial charge in [-0.15, -0.1) is 0 Å². The van der Waals surface area contributed by atoms with Gasteiger partial charge in [-0.2, -0.15) is 11.8 Å². The Kier molecular flexibility index (Phi) is 4.58. The molecule has 2 N–H and O–H groups in total. The predicted octanol–water partition coefficient (Wildman–Crippen LogP) is 2.25. The van der Waals surface area contributed by atoms with Gasteiger partial charge < -0.3 is 15.4 Å². The third kappa shape index (κ3) is 3.56. The Hall–Kier alpha value is -1.36. The molecule has 0 spiro atoms. The number of amides is 1. The molecule has 1 aliphatic rings. The minimum absolute atomic E-state index is 0.0420. The Morgan fingerprint density at radius 2 is 2.32 bits per heavy atom. The normalized spacial score (nSPS) is 19.3. The molecule has 0 saturated carbocycles. The summed E-state index contributed by atoms with van der Waals surface area (Å²) in [6.07, 6.45) is 0. The minimum atomic E-state index is 0.0420. The van der Waals surface area contributed by atoms with E-state index < -0.39 is 0 Å². The highest BCUT2D eigenvalue weighted by Gasteiger charge is 2.22. The molecular formula is C14H20N2O2S. The first-order valence-electron chi connectivity index (χ1n) is 6.54. The van der Waals surface area contributed by atoms with Crippen LogP contribution in [-0.4, -0.2) is 41.5 Å². The topological polar surface area (TPSA) is 55.6 Å². The molecule has 1 saturated heterocycles. The number of carbonyl (C=O) groups excluding carboxylic acids is 1. The molecule has 0 aromatic heterocycles. The molecule has 1 atom stereocenters. The molecule has 1 heterocycles. The molecule has 1 aliphatic heterocycles. The van der Waals surface area contributed by atoms with Crippen molar-refractivity contribution >= 4 is 23.4 Å². The molecule has 0 bridgehead atoms. The summed E-state index contributed by atoms with van der Waals surface area (Å²) < 4.78 is 5.43. The van der Waals surface area contributed by atoms with Gasteiger partial charge in [-0.1, -0.05) is 6.92 Å². The molecule has 2 rings (SSSR count). The summed E-state index contributed by atoms with van der Waals surface area (Å²) in [7, 11) is 0. The van der Waals surface area contributed by atoms with Crippen molar-refractivity contribution in [1.29, 1.82) is 0 Å². The van der Waals surface area contributed by atoms with Crippen molar-refractivity contribution in [2.24, 2.45) is 0 Å². The largest absolute Gasteiger partial charge is 0.494 e. The summed E-state index contributed by atoms with van der Waals surface area (Å²) in [5.41, 5.74) is 7.01. The lowest BCUT2D eigenvalue weighted by atomic mass is 10.1. The zero-order chi connectivity index (χ0) is 13.8. The van der Waals surface area contributed by atoms with Gasteiger partial charge in [-0.25, -0.2) is 0 Å². The van der Waals surface area contributed by atoms with E-state index in [1.54, 1.807) is 18.2 Å². The number of benzene rings is 1. The van der Waals surface area contributed by atoms with Crippen LogP contribution >= 0.6 is 11.8 Å². The fourth-order valence-electron chi connectivity index (χ4n) is 2.18. The van der Waals surface area contributed by atoms with Gasteiger partial charge in [0.25, 0.3) is 5.91 Å². The summed E-state index contributed by atoms with van der Waals surface area (Å²) in [6, 6.07) is 5.24. The SMILES string of the molecule is CCOc1cc(N)cc(C(=O)N2CCSC(C)C2)c1. The van der Waals surface area contributed by atoms with E-state index in [1.165, 1.54) is 0 Å². The van der Waals surface area contributed by atoms with Gasteiger partial charge in [0.05, 0.1) is 6.61 Å². The summed E-state index contributed by atoms with van der Waals surface area (Å²) in [5.74, 6) is 1.69. The molecule has 19 heavy (non-hydrogen) atoms. The molecule has 104 valence electrons. The van der Waals surface area contributed by atoms with E-state index in [0.29, 0.717) is 28.9 Å². The van der Waals surface area contributed by atoms with Crippen molar-refractivity contribution in [2.75, 3.05) is 31.2 Å². The summed E-state index contributed by atoms with van der Waals surface area (Å²) >= 11 is 1.91. The Bertz CT molecular complexity index is 465. The predicted molar refractivity (Wildman–Crippen MR) is 79.8 cm³/mol. The fourth-order valence-corrected chi connectivity index (χ4v) is 3.19. The van der Waals surface area contributed by atoms with Crippen LogP contribution in [0.2, 0.25) is 0 Å². The maximum absolute atomic E-state index is 12.5. The number of thioether (sulfide) groups is 1. The summed E-state index contributed by atoms with van der Waals surface area (Å²) in [6.45, 7) is 6.21. The highest BCUT2D eigenvalue weighted by Crippen LogP contribution is 2.23. The molecule has 0 radical (unpaired) electrons. The van der Waals surface area contributed by atoms with Crippen LogP contribution in [0, 0.1) is 0 Å². The molecule has 1 aromatic carbocycles. The Balaban J connectivity index is 2.18. The van der Waals surface area contributed by atoms with Gasteiger partial charge in [0.2, 0.25) is 0 Å². The smallest absolute Gasteiger partial charge is 0.254 e. The number of nitrogens with two attached hydrogens (primary N) is 1. The van der Waals surface area contributed by atoms with Crippen LogP contribution < -0.4 is 10.5 Å². The number of anilines is 1. The zero-order valence-electron chi connectivity index (χ0n) is 11.4. The number of nitrogen functional groups attached to an aromatic ring is 1. The van der Waals surface area contributed by atoms with Crippen molar-refractivity contribution in [3.05, 3.63) is 23.8 Å². The number of hydrogen-bond acceptors (Lipinski definition) is 4. The number of ether oxygens (including phenoxy) is 1. The maximum atomic E-state index is 12.5. The van der Waals surface area contributed by atoms with Crippen LogP contribution in [0.15, 0.2) is 18.2 Å². The standard InChI is InChI=1S/C14H20N2O2S/c1-3-18-13-7-11(6-12(15)8-13)14(17)16-4-5-19-10(2)9-16/h6-8,10H,3-5,9,15H2,1-2H3. The van der Waals surface area contributed by atoms with E-state index in [-0.39, 0.29) is 5.91 Å². The third-order valence-corrected chi connectivity index (χ3v) is 4.15. The highest BCUT2D eigenvalue weighted by molar-refractivity contribution is 7.99. The van der Waals surface area contributed by atoms with E-state index in [4.69, 9.17) is 10.5 Å². The summed E-state index contributed by atoms with van der Waals surface area (Å²) in [4.78, 5) is 14.4. The first-order chi connectivity index (χ1) is 9.10. The molecule has 1 aromatic rings. The summed E-state index contributed by atoms with van der Waals surface area (Å²) in [5, 5.41) is 0.491. The van der Waals surface area contributed by atoms with Gasteiger partial charge >= 0.3 is 0 Å². The Labute approximate surface area is 118 Å². The van der Waals surface area contributed by atoms with Crippen molar-refractivity contribution in [3.8, 4) is 5.75 Å².